The highest BCUT2D eigenvalue weighted by Gasteiger charge is 2.18. The van der Waals surface area contributed by atoms with Crippen LogP contribution < -0.4 is 0 Å². The Morgan fingerprint density at radius 3 is 2.40 bits per heavy atom. The van der Waals surface area contributed by atoms with Gasteiger partial charge in [-0.2, -0.15) is 5.26 Å². The predicted molar refractivity (Wildman–Crippen MR) is 107 cm³/mol. The highest BCUT2D eigenvalue weighted by molar-refractivity contribution is 5.31. The fourth-order valence-electron chi connectivity index (χ4n) is 3.99. The summed E-state index contributed by atoms with van der Waals surface area (Å²) in [6.45, 7) is 2.29. The van der Waals surface area contributed by atoms with Gasteiger partial charge in [0.15, 0.2) is 0 Å². The van der Waals surface area contributed by atoms with E-state index in [-0.39, 0.29) is 0 Å². The Morgan fingerprint density at radius 2 is 1.72 bits per heavy atom. The summed E-state index contributed by atoms with van der Waals surface area (Å²) in [5.41, 5.74) is 2.08. The third kappa shape index (κ3) is 7.91. The van der Waals surface area contributed by atoms with E-state index in [0.29, 0.717) is 0 Å². The van der Waals surface area contributed by atoms with Crippen LogP contribution in [0.5, 0.6) is 0 Å². The van der Waals surface area contributed by atoms with Crippen LogP contribution in [0.25, 0.3) is 0 Å². The van der Waals surface area contributed by atoms with Gasteiger partial charge in [0.25, 0.3) is 0 Å². The molecule has 25 heavy (non-hydrogen) atoms. The van der Waals surface area contributed by atoms with Crippen LogP contribution in [-0.4, -0.2) is 0 Å². The van der Waals surface area contributed by atoms with Gasteiger partial charge < -0.3 is 0 Å². The SMILES string of the molecule is CCCCCCCC1CCC(C=CCCc2ccc(C#N)cc2)CC1. The maximum absolute atomic E-state index is 8.83. The average molecular weight is 338 g/mol. The van der Waals surface area contributed by atoms with Gasteiger partial charge in [-0.3, -0.25) is 0 Å². The van der Waals surface area contributed by atoms with Crippen molar-refractivity contribution in [3.05, 3.63) is 47.5 Å². The zero-order valence-corrected chi connectivity index (χ0v) is 16.1. The van der Waals surface area contributed by atoms with E-state index in [2.05, 4.69) is 37.3 Å². The third-order valence-electron chi connectivity index (χ3n) is 5.70. The van der Waals surface area contributed by atoms with Gasteiger partial charge in [-0.15, -0.1) is 0 Å². The molecule has 136 valence electrons. The molecule has 0 amide bonds. The summed E-state index contributed by atoms with van der Waals surface area (Å²) in [5.74, 6) is 1.82. The molecule has 1 nitrogen and oxygen atoms in total. The number of allylic oxidation sites excluding steroid dienone is 2. The number of hydrogen-bond acceptors (Lipinski definition) is 1. The molecule has 0 bridgehead atoms. The zero-order chi connectivity index (χ0) is 17.7. The Hall–Kier alpha value is -1.55. The van der Waals surface area contributed by atoms with Crippen molar-refractivity contribution in [1.82, 2.24) is 0 Å². The Kier molecular flexibility index (Phi) is 9.42. The quantitative estimate of drug-likeness (QED) is 0.327. The van der Waals surface area contributed by atoms with E-state index in [1.165, 1.54) is 69.8 Å². The second kappa shape index (κ2) is 11.9. The minimum Gasteiger partial charge on any atom is -0.192 e. The topological polar surface area (TPSA) is 23.8 Å². The molecule has 1 aliphatic rings. The molecular weight excluding hydrogens is 302 g/mol. The summed E-state index contributed by atoms with van der Waals surface area (Å²) < 4.78 is 0. The van der Waals surface area contributed by atoms with Crippen LogP contribution in [-0.2, 0) is 6.42 Å². The van der Waals surface area contributed by atoms with Crippen LogP contribution in [0.1, 0.15) is 88.7 Å². The molecule has 1 aromatic rings. The monoisotopic (exact) mass is 337 g/mol. The molecule has 0 heterocycles. The number of benzene rings is 1. The molecule has 1 aliphatic carbocycles. The first-order chi connectivity index (χ1) is 12.3. The van der Waals surface area contributed by atoms with Crippen molar-refractivity contribution in [3.8, 4) is 6.07 Å². The predicted octanol–water partition coefficient (Wildman–Crippen LogP) is 7.21. The van der Waals surface area contributed by atoms with E-state index in [1.807, 2.05) is 12.1 Å². The maximum atomic E-state index is 8.83. The summed E-state index contributed by atoms with van der Waals surface area (Å²) in [5, 5.41) is 8.83. The summed E-state index contributed by atoms with van der Waals surface area (Å²) in [6.07, 6.45) is 21.3. The van der Waals surface area contributed by atoms with E-state index in [0.717, 1.165) is 30.2 Å². The summed E-state index contributed by atoms with van der Waals surface area (Å²) in [7, 11) is 0. The molecule has 0 saturated heterocycles. The summed E-state index contributed by atoms with van der Waals surface area (Å²) in [6, 6.07) is 10.2. The number of hydrogen-bond donors (Lipinski definition) is 0. The van der Waals surface area contributed by atoms with Crippen molar-refractivity contribution in [2.75, 3.05) is 0 Å². The van der Waals surface area contributed by atoms with E-state index in [9.17, 15) is 0 Å². The molecule has 0 unspecified atom stereocenters. The van der Waals surface area contributed by atoms with Crippen LogP contribution in [0, 0.1) is 23.2 Å². The van der Waals surface area contributed by atoms with Gasteiger partial charge in [0.1, 0.15) is 0 Å². The average Bonchev–Trinajstić information content (AvgIpc) is 2.66. The van der Waals surface area contributed by atoms with Crippen molar-refractivity contribution in [1.29, 1.82) is 5.26 Å². The first-order valence-corrected chi connectivity index (χ1v) is 10.5. The highest BCUT2D eigenvalue weighted by atomic mass is 14.2. The van der Waals surface area contributed by atoms with Crippen molar-refractivity contribution in [2.24, 2.45) is 11.8 Å². The minimum absolute atomic E-state index is 0.751. The molecule has 0 N–H and O–H groups in total. The highest BCUT2D eigenvalue weighted by Crippen LogP contribution is 2.32. The van der Waals surface area contributed by atoms with Crippen molar-refractivity contribution in [2.45, 2.75) is 84.0 Å². The van der Waals surface area contributed by atoms with Gasteiger partial charge in [0.05, 0.1) is 11.6 Å². The van der Waals surface area contributed by atoms with Gasteiger partial charge in [-0.1, -0.05) is 69.7 Å². The lowest BCUT2D eigenvalue weighted by Gasteiger charge is -2.26. The standard InChI is InChI=1S/C24H35N/c1-2-3-4-5-6-9-21-12-14-22(15-13-21)10-7-8-11-23-16-18-24(20-25)19-17-23/h7,10,16-19,21-22H,2-6,8-9,11-15H2,1H3. The maximum Gasteiger partial charge on any atom is 0.0991 e. The summed E-state index contributed by atoms with van der Waals surface area (Å²) >= 11 is 0. The van der Waals surface area contributed by atoms with E-state index >= 15 is 0 Å². The Balaban J connectivity index is 1.56. The van der Waals surface area contributed by atoms with Crippen molar-refractivity contribution >= 4 is 0 Å². The second-order valence-electron chi connectivity index (χ2n) is 7.76. The Labute approximate surface area is 155 Å². The molecule has 0 aromatic heterocycles. The zero-order valence-electron chi connectivity index (χ0n) is 16.1. The lowest BCUT2D eigenvalue weighted by molar-refractivity contribution is 0.288. The molecular formula is C24H35N. The lowest BCUT2D eigenvalue weighted by Crippen LogP contribution is -2.13. The molecule has 0 spiro atoms. The van der Waals surface area contributed by atoms with Crippen LogP contribution >= 0.6 is 0 Å². The normalized spacial score (nSPS) is 20.6. The van der Waals surface area contributed by atoms with Gasteiger partial charge in [-0.25, -0.2) is 0 Å². The fraction of sp³-hybridized carbons (Fsp3) is 0.625. The lowest BCUT2D eigenvalue weighted by atomic mass is 9.79. The minimum atomic E-state index is 0.751. The number of rotatable bonds is 10. The van der Waals surface area contributed by atoms with Crippen molar-refractivity contribution < 1.29 is 0 Å². The van der Waals surface area contributed by atoms with Crippen LogP contribution in [0.15, 0.2) is 36.4 Å². The molecule has 0 aliphatic heterocycles. The number of unbranched alkanes of at least 4 members (excludes halogenated alkanes) is 4. The molecule has 0 atom stereocenters. The summed E-state index contributed by atoms with van der Waals surface area (Å²) in [4.78, 5) is 0. The van der Waals surface area contributed by atoms with Crippen LogP contribution in [0.2, 0.25) is 0 Å². The van der Waals surface area contributed by atoms with E-state index < -0.39 is 0 Å². The van der Waals surface area contributed by atoms with E-state index in [4.69, 9.17) is 5.26 Å². The first-order valence-electron chi connectivity index (χ1n) is 10.5. The molecule has 1 fully saturated rings. The van der Waals surface area contributed by atoms with Gasteiger partial charge in [0, 0.05) is 0 Å². The molecule has 1 aromatic carbocycles. The first kappa shape index (κ1) is 19.8. The second-order valence-corrected chi connectivity index (χ2v) is 7.76. The molecule has 1 saturated carbocycles. The molecule has 2 rings (SSSR count). The largest absolute Gasteiger partial charge is 0.192 e. The smallest absolute Gasteiger partial charge is 0.0991 e. The van der Waals surface area contributed by atoms with E-state index in [1.54, 1.807) is 0 Å². The number of nitrogens with zero attached hydrogens (tertiary/aromatic N) is 1. The fourth-order valence-corrected chi connectivity index (χ4v) is 3.99. The van der Waals surface area contributed by atoms with Gasteiger partial charge in [-0.05, 0) is 68.1 Å². The molecule has 0 radical (unpaired) electrons. The van der Waals surface area contributed by atoms with Crippen molar-refractivity contribution in [3.63, 3.8) is 0 Å². The van der Waals surface area contributed by atoms with Crippen LogP contribution in [0.3, 0.4) is 0 Å². The van der Waals surface area contributed by atoms with Gasteiger partial charge >= 0.3 is 0 Å². The number of aryl methyl sites for hydroxylation is 1. The number of nitriles is 1. The third-order valence-corrected chi connectivity index (χ3v) is 5.70. The molecule has 1 heteroatoms. The van der Waals surface area contributed by atoms with Gasteiger partial charge in [0.2, 0.25) is 0 Å². The Bertz CT molecular complexity index is 526. The Morgan fingerprint density at radius 1 is 1.00 bits per heavy atom. The van der Waals surface area contributed by atoms with Crippen LogP contribution in [0.4, 0.5) is 0 Å².